The van der Waals surface area contributed by atoms with Gasteiger partial charge in [0.25, 0.3) is 0 Å². The third-order valence-electron chi connectivity index (χ3n) is 5.66. The molecule has 0 aromatic rings. The quantitative estimate of drug-likeness (QED) is 0.778. The highest BCUT2D eigenvalue weighted by Gasteiger charge is 2.45. The highest BCUT2D eigenvalue weighted by molar-refractivity contribution is 7.80. The van der Waals surface area contributed by atoms with Crippen LogP contribution in [-0.4, -0.2) is 29.6 Å². The SMILES string of the molecule is O=C(CC1(CS)CC1)N1CCC2(CCCC2)CC1. The van der Waals surface area contributed by atoms with Crippen molar-refractivity contribution in [2.24, 2.45) is 10.8 Å². The van der Waals surface area contributed by atoms with Crippen molar-refractivity contribution in [3.05, 3.63) is 0 Å². The molecule has 0 radical (unpaired) electrons. The van der Waals surface area contributed by atoms with E-state index in [4.69, 9.17) is 0 Å². The molecule has 3 rings (SSSR count). The Morgan fingerprint density at radius 1 is 1.00 bits per heavy atom. The molecule has 0 N–H and O–H groups in total. The lowest BCUT2D eigenvalue weighted by Crippen LogP contribution is -2.43. The molecule has 2 aliphatic carbocycles. The average molecular weight is 267 g/mol. The Kier molecular flexibility index (Phi) is 3.38. The number of hydrogen-bond acceptors (Lipinski definition) is 2. The lowest BCUT2D eigenvalue weighted by molar-refractivity contribution is -0.134. The van der Waals surface area contributed by atoms with Gasteiger partial charge in [0.2, 0.25) is 5.91 Å². The second-order valence-electron chi connectivity index (χ2n) is 6.92. The van der Waals surface area contributed by atoms with Crippen LogP contribution in [-0.2, 0) is 4.79 Å². The van der Waals surface area contributed by atoms with Crippen molar-refractivity contribution in [3.8, 4) is 0 Å². The molecule has 3 heteroatoms. The maximum atomic E-state index is 12.3. The summed E-state index contributed by atoms with van der Waals surface area (Å²) in [6, 6.07) is 0. The molecule has 3 aliphatic rings. The monoisotopic (exact) mass is 267 g/mol. The van der Waals surface area contributed by atoms with Crippen LogP contribution in [0, 0.1) is 10.8 Å². The van der Waals surface area contributed by atoms with Gasteiger partial charge in [0.05, 0.1) is 0 Å². The highest BCUT2D eigenvalue weighted by Crippen LogP contribution is 2.50. The van der Waals surface area contributed by atoms with Crippen LogP contribution in [0.25, 0.3) is 0 Å². The lowest BCUT2D eigenvalue weighted by Gasteiger charge is -2.39. The highest BCUT2D eigenvalue weighted by atomic mass is 32.1. The van der Waals surface area contributed by atoms with Crippen molar-refractivity contribution < 1.29 is 4.79 Å². The zero-order chi connectivity index (χ0) is 12.6. The molecule has 1 spiro atoms. The van der Waals surface area contributed by atoms with Gasteiger partial charge in [0.1, 0.15) is 0 Å². The molecule has 0 atom stereocenters. The number of amides is 1. The van der Waals surface area contributed by atoms with Gasteiger partial charge in [-0.05, 0) is 55.1 Å². The number of thiol groups is 1. The first-order valence-electron chi connectivity index (χ1n) is 7.56. The lowest BCUT2D eigenvalue weighted by atomic mass is 9.77. The number of carbonyl (C=O) groups is 1. The number of hydrogen-bond donors (Lipinski definition) is 1. The minimum atomic E-state index is 0.280. The molecule has 2 nitrogen and oxygen atoms in total. The summed E-state index contributed by atoms with van der Waals surface area (Å²) in [5.41, 5.74) is 0.903. The van der Waals surface area contributed by atoms with Crippen LogP contribution in [0.4, 0.5) is 0 Å². The summed E-state index contributed by atoms with van der Waals surface area (Å²) in [5.74, 6) is 1.28. The molecule has 1 amide bonds. The van der Waals surface area contributed by atoms with Crippen LogP contribution in [0.1, 0.15) is 57.8 Å². The van der Waals surface area contributed by atoms with Gasteiger partial charge in [0, 0.05) is 19.5 Å². The van der Waals surface area contributed by atoms with E-state index in [0.29, 0.717) is 11.3 Å². The third-order valence-corrected chi connectivity index (χ3v) is 6.33. The first kappa shape index (κ1) is 12.8. The van der Waals surface area contributed by atoms with Gasteiger partial charge in [-0.15, -0.1) is 0 Å². The second-order valence-corrected chi connectivity index (χ2v) is 7.24. The smallest absolute Gasteiger partial charge is 0.223 e. The summed E-state index contributed by atoms with van der Waals surface area (Å²) in [7, 11) is 0. The number of piperidine rings is 1. The van der Waals surface area contributed by atoms with E-state index in [1.165, 1.54) is 51.4 Å². The van der Waals surface area contributed by atoms with Crippen molar-refractivity contribution in [2.45, 2.75) is 57.8 Å². The Morgan fingerprint density at radius 3 is 2.11 bits per heavy atom. The van der Waals surface area contributed by atoms with E-state index in [2.05, 4.69) is 17.5 Å². The van der Waals surface area contributed by atoms with Gasteiger partial charge in [0.15, 0.2) is 0 Å². The van der Waals surface area contributed by atoms with Crippen molar-refractivity contribution in [2.75, 3.05) is 18.8 Å². The van der Waals surface area contributed by atoms with Gasteiger partial charge in [-0.1, -0.05) is 12.8 Å². The fourth-order valence-corrected chi connectivity index (χ4v) is 4.28. The van der Waals surface area contributed by atoms with E-state index in [0.717, 1.165) is 25.3 Å². The molecule has 0 aromatic heterocycles. The van der Waals surface area contributed by atoms with Crippen molar-refractivity contribution in [1.29, 1.82) is 0 Å². The van der Waals surface area contributed by atoms with E-state index in [1.807, 2.05) is 0 Å². The Hall–Kier alpha value is -0.180. The predicted octanol–water partition coefficient (Wildman–Crippen LogP) is 3.27. The first-order chi connectivity index (χ1) is 8.67. The molecule has 3 fully saturated rings. The number of likely N-dealkylation sites (tertiary alicyclic amines) is 1. The van der Waals surface area contributed by atoms with Crippen molar-refractivity contribution >= 4 is 18.5 Å². The van der Waals surface area contributed by atoms with Crippen molar-refractivity contribution in [3.63, 3.8) is 0 Å². The fourth-order valence-electron chi connectivity index (χ4n) is 3.86. The average Bonchev–Trinajstić information content (AvgIpc) is 3.03. The summed E-state index contributed by atoms with van der Waals surface area (Å²) in [6.07, 6.45) is 11.3. The minimum absolute atomic E-state index is 0.280. The first-order valence-corrected chi connectivity index (χ1v) is 8.19. The van der Waals surface area contributed by atoms with Gasteiger partial charge in [-0.25, -0.2) is 0 Å². The Morgan fingerprint density at radius 2 is 1.61 bits per heavy atom. The predicted molar refractivity (Wildman–Crippen MR) is 76.9 cm³/mol. The van der Waals surface area contributed by atoms with Gasteiger partial charge >= 0.3 is 0 Å². The molecular formula is C15H25NOS. The Labute approximate surface area is 116 Å². The second kappa shape index (κ2) is 4.73. The summed E-state index contributed by atoms with van der Waals surface area (Å²) < 4.78 is 0. The maximum Gasteiger partial charge on any atom is 0.223 e. The molecule has 0 bridgehead atoms. The van der Waals surface area contributed by atoms with Gasteiger partial charge in [-0.3, -0.25) is 4.79 Å². The van der Waals surface area contributed by atoms with Crippen LogP contribution in [0.5, 0.6) is 0 Å². The van der Waals surface area contributed by atoms with E-state index in [-0.39, 0.29) is 5.41 Å². The van der Waals surface area contributed by atoms with Crippen LogP contribution >= 0.6 is 12.6 Å². The standard InChI is InChI=1S/C15H25NOS/c17-13(11-15(12-18)5-6-15)16-9-7-14(8-10-16)3-1-2-4-14/h18H,1-12H2. The van der Waals surface area contributed by atoms with Crippen LogP contribution in [0.2, 0.25) is 0 Å². The van der Waals surface area contributed by atoms with E-state index < -0.39 is 0 Å². The number of rotatable bonds is 3. The van der Waals surface area contributed by atoms with E-state index in [9.17, 15) is 4.79 Å². The third kappa shape index (κ3) is 2.43. The molecule has 2 saturated carbocycles. The van der Waals surface area contributed by atoms with Crippen molar-refractivity contribution in [1.82, 2.24) is 4.90 Å². The van der Waals surface area contributed by atoms with Crippen LogP contribution in [0.3, 0.4) is 0 Å². The Bertz CT molecular complexity index is 321. The topological polar surface area (TPSA) is 20.3 Å². The molecule has 1 saturated heterocycles. The minimum Gasteiger partial charge on any atom is -0.343 e. The summed E-state index contributed by atoms with van der Waals surface area (Å²) in [6.45, 7) is 2.03. The van der Waals surface area contributed by atoms with Crippen LogP contribution < -0.4 is 0 Å². The summed E-state index contributed by atoms with van der Waals surface area (Å²) >= 11 is 4.40. The molecule has 0 unspecified atom stereocenters. The normalized spacial score (nSPS) is 28.6. The fraction of sp³-hybridized carbons (Fsp3) is 0.933. The van der Waals surface area contributed by atoms with E-state index >= 15 is 0 Å². The van der Waals surface area contributed by atoms with E-state index in [1.54, 1.807) is 0 Å². The number of nitrogens with zero attached hydrogens (tertiary/aromatic N) is 1. The van der Waals surface area contributed by atoms with Crippen LogP contribution in [0.15, 0.2) is 0 Å². The largest absolute Gasteiger partial charge is 0.343 e. The zero-order valence-corrected chi connectivity index (χ0v) is 12.2. The maximum absolute atomic E-state index is 12.3. The molecule has 102 valence electrons. The number of carbonyl (C=O) groups excluding carboxylic acids is 1. The molecule has 1 aliphatic heterocycles. The Balaban J connectivity index is 1.51. The molecule has 1 heterocycles. The van der Waals surface area contributed by atoms with Gasteiger partial charge < -0.3 is 4.90 Å². The molecule has 18 heavy (non-hydrogen) atoms. The summed E-state index contributed by atoms with van der Waals surface area (Å²) in [5, 5.41) is 0. The van der Waals surface area contributed by atoms with Gasteiger partial charge in [-0.2, -0.15) is 12.6 Å². The molecular weight excluding hydrogens is 242 g/mol. The zero-order valence-electron chi connectivity index (χ0n) is 11.3. The summed E-state index contributed by atoms with van der Waals surface area (Å²) in [4.78, 5) is 14.4. The molecule has 0 aromatic carbocycles.